The number of imidazole rings is 1. The van der Waals surface area contributed by atoms with Gasteiger partial charge in [0, 0.05) is 13.1 Å². The third kappa shape index (κ3) is 3.96. The lowest BCUT2D eigenvalue weighted by Crippen LogP contribution is -2.48. The van der Waals surface area contributed by atoms with E-state index in [0.717, 1.165) is 0 Å². The number of rotatable bonds is 4. The van der Waals surface area contributed by atoms with Crippen LogP contribution in [0.4, 0.5) is 5.69 Å². The van der Waals surface area contributed by atoms with Gasteiger partial charge >= 0.3 is 5.69 Å². The molecule has 0 saturated carbocycles. The monoisotopic (exact) mass is 430 g/mol. The third-order valence-corrected chi connectivity index (χ3v) is 6.27. The number of sulfonamides is 1. The van der Waals surface area contributed by atoms with Crippen molar-refractivity contribution in [1.82, 2.24) is 14.9 Å². The van der Waals surface area contributed by atoms with Gasteiger partial charge in [-0.1, -0.05) is 12.1 Å². The van der Waals surface area contributed by atoms with Gasteiger partial charge in [-0.15, -0.1) is 0 Å². The molecule has 1 aliphatic heterocycles. The Kier molecular flexibility index (Phi) is 5.12. The molecule has 1 saturated heterocycles. The number of amides is 1. The van der Waals surface area contributed by atoms with Crippen LogP contribution in [0.3, 0.4) is 0 Å². The summed E-state index contributed by atoms with van der Waals surface area (Å²) in [7, 11) is -3.99. The summed E-state index contributed by atoms with van der Waals surface area (Å²) < 4.78 is 34.1. The Morgan fingerprint density at radius 3 is 2.47 bits per heavy atom. The first-order chi connectivity index (χ1) is 14.2. The van der Waals surface area contributed by atoms with Gasteiger partial charge in [0.15, 0.2) is 0 Å². The minimum Gasteiger partial charge on any atom is -0.372 e. The van der Waals surface area contributed by atoms with Crippen molar-refractivity contribution in [1.29, 1.82) is 0 Å². The first-order valence-corrected chi connectivity index (χ1v) is 11.0. The molecule has 30 heavy (non-hydrogen) atoms. The molecule has 1 aromatic heterocycles. The number of aromatic nitrogens is 2. The maximum absolute atomic E-state index is 13.1. The van der Waals surface area contributed by atoms with Gasteiger partial charge in [0.05, 0.1) is 39.4 Å². The van der Waals surface area contributed by atoms with Crippen LogP contribution >= 0.6 is 0 Å². The molecule has 2 aromatic carbocycles. The number of carbonyl (C=O) groups excluding carboxylic acids is 1. The number of fused-ring (bicyclic) bond motifs is 1. The Morgan fingerprint density at radius 1 is 1.07 bits per heavy atom. The molecule has 1 amide bonds. The van der Waals surface area contributed by atoms with E-state index in [-0.39, 0.29) is 34.3 Å². The number of hydrogen-bond acceptors (Lipinski definition) is 5. The fourth-order valence-electron chi connectivity index (χ4n) is 3.66. The minimum absolute atomic E-state index is 0.0267. The van der Waals surface area contributed by atoms with E-state index in [9.17, 15) is 18.0 Å². The number of morpholine rings is 1. The van der Waals surface area contributed by atoms with E-state index in [1.165, 1.54) is 18.2 Å². The molecule has 2 heterocycles. The maximum Gasteiger partial charge on any atom is 0.323 e. The van der Waals surface area contributed by atoms with E-state index < -0.39 is 15.7 Å². The number of anilines is 1. The third-order valence-electron chi connectivity index (χ3n) is 4.91. The fraction of sp³-hybridized carbons (Fsp3) is 0.300. The zero-order chi connectivity index (χ0) is 21.5. The molecule has 2 atom stereocenters. The van der Waals surface area contributed by atoms with Gasteiger partial charge in [0.25, 0.3) is 15.9 Å². The zero-order valence-corrected chi connectivity index (χ0v) is 17.3. The van der Waals surface area contributed by atoms with Crippen molar-refractivity contribution >= 4 is 32.7 Å². The van der Waals surface area contributed by atoms with Crippen LogP contribution in [0.2, 0.25) is 0 Å². The van der Waals surface area contributed by atoms with Gasteiger partial charge in [-0.3, -0.25) is 9.52 Å². The van der Waals surface area contributed by atoms with E-state index in [1.807, 2.05) is 13.8 Å². The van der Waals surface area contributed by atoms with Crippen molar-refractivity contribution in [2.75, 3.05) is 17.8 Å². The smallest absolute Gasteiger partial charge is 0.323 e. The van der Waals surface area contributed by atoms with Crippen LogP contribution in [-0.2, 0) is 14.8 Å². The highest BCUT2D eigenvalue weighted by Gasteiger charge is 2.28. The average Bonchev–Trinajstić information content (AvgIpc) is 3.06. The Hall–Kier alpha value is -3.11. The Morgan fingerprint density at radius 2 is 1.73 bits per heavy atom. The maximum atomic E-state index is 13.1. The Labute approximate surface area is 173 Å². The predicted molar refractivity (Wildman–Crippen MR) is 112 cm³/mol. The van der Waals surface area contributed by atoms with E-state index in [1.54, 1.807) is 29.2 Å². The number of nitrogens with zero attached hydrogens (tertiary/aromatic N) is 1. The largest absolute Gasteiger partial charge is 0.372 e. The second-order valence-electron chi connectivity index (χ2n) is 7.41. The van der Waals surface area contributed by atoms with Crippen LogP contribution in [0.5, 0.6) is 0 Å². The molecule has 4 rings (SSSR count). The van der Waals surface area contributed by atoms with Gasteiger partial charge in [0.2, 0.25) is 0 Å². The van der Waals surface area contributed by atoms with Crippen molar-refractivity contribution in [3.05, 3.63) is 58.5 Å². The number of benzene rings is 2. The van der Waals surface area contributed by atoms with Crippen LogP contribution in [-0.4, -0.2) is 54.5 Å². The van der Waals surface area contributed by atoms with Gasteiger partial charge in [-0.2, -0.15) is 0 Å². The molecule has 0 radical (unpaired) electrons. The lowest BCUT2D eigenvalue weighted by molar-refractivity contribution is -0.0585. The zero-order valence-electron chi connectivity index (χ0n) is 16.5. The lowest BCUT2D eigenvalue weighted by Gasteiger charge is -2.35. The first kappa shape index (κ1) is 20.2. The summed E-state index contributed by atoms with van der Waals surface area (Å²) in [5.74, 6) is -0.263. The van der Waals surface area contributed by atoms with Crippen molar-refractivity contribution < 1.29 is 17.9 Å². The quantitative estimate of drug-likeness (QED) is 0.583. The van der Waals surface area contributed by atoms with E-state index in [4.69, 9.17) is 4.74 Å². The molecule has 10 heteroatoms. The lowest BCUT2D eigenvalue weighted by atomic mass is 10.1. The van der Waals surface area contributed by atoms with Crippen LogP contribution in [0.25, 0.3) is 11.0 Å². The van der Waals surface area contributed by atoms with Crippen LogP contribution in [0.15, 0.2) is 52.2 Å². The molecular weight excluding hydrogens is 408 g/mol. The highest BCUT2D eigenvalue weighted by molar-refractivity contribution is 7.92. The molecule has 9 nitrogen and oxygen atoms in total. The number of para-hydroxylation sites is 1. The van der Waals surface area contributed by atoms with E-state index in [2.05, 4.69) is 14.7 Å². The molecule has 158 valence electrons. The Bertz CT molecular complexity index is 1250. The minimum atomic E-state index is -3.99. The van der Waals surface area contributed by atoms with Crippen LogP contribution in [0.1, 0.15) is 24.2 Å². The molecule has 2 unspecified atom stereocenters. The summed E-state index contributed by atoms with van der Waals surface area (Å²) in [6.07, 6.45) is -0.200. The normalized spacial score (nSPS) is 19.7. The summed E-state index contributed by atoms with van der Waals surface area (Å²) in [5.41, 5.74) is 0.918. The first-order valence-electron chi connectivity index (χ1n) is 9.51. The molecule has 0 aliphatic carbocycles. The molecule has 1 aliphatic rings. The van der Waals surface area contributed by atoms with Crippen molar-refractivity contribution in [2.45, 2.75) is 31.0 Å². The number of aromatic amines is 2. The second kappa shape index (κ2) is 7.62. The van der Waals surface area contributed by atoms with Gasteiger partial charge in [-0.25, -0.2) is 13.2 Å². The number of hydrogen-bond donors (Lipinski definition) is 3. The summed E-state index contributed by atoms with van der Waals surface area (Å²) >= 11 is 0. The second-order valence-corrected chi connectivity index (χ2v) is 9.09. The van der Waals surface area contributed by atoms with E-state index >= 15 is 0 Å². The average molecular weight is 430 g/mol. The number of nitrogens with one attached hydrogen (secondary N) is 3. The molecule has 3 aromatic rings. The van der Waals surface area contributed by atoms with Crippen molar-refractivity contribution in [2.24, 2.45) is 0 Å². The molecule has 0 bridgehead atoms. The van der Waals surface area contributed by atoms with Gasteiger partial charge < -0.3 is 19.6 Å². The van der Waals surface area contributed by atoms with Crippen molar-refractivity contribution in [3.8, 4) is 0 Å². The summed E-state index contributed by atoms with van der Waals surface area (Å²) in [5, 5.41) is 0. The summed E-state index contributed by atoms with van der Waals surface area (Å²) in [4.78, 5) is 31.3. The van der Waals surface area contributed by atoms with Gasteiger partial charge in [0.1, 0.15) is 0 Å². The molecule has 1 fully saturated rings. The number of H-pyrrole nitrogens is 2. The standard InChI is InChI=1S/C20H22N4O5S/c1-12-10-24(11-13(2)29-12)19(25)15-5-3-4-6-16(15)23-30(27,28)14-7-8-17-18(9-14)22-20(26)21-17/h3-9,12-13,23H,10-11H2,1-2H3,(H2,21,22,26). The predicted octanol–water partition coefficient (Wildman–Crippen LogP) is 1.91. The molecule has 3 N–H and O–H groups in total. The van der Waals surface area contributed by atoms with Gasteiger partial charge in [-0.05, 0) is 44.2 Å². The molecule has 0 spiro atoms. The highest BCUT2D eigenvalue weighted by Crippen LogP contribution is 2.24. The van der Waals surface area contributed by atoms with Crippen molar-refractivity contribution in [3.63, 3.8) is 0 Å². The van der Waals surface area contributed by atoms with Crippen LogP contribution in [0, 0.1) is 0 Å². The number of carbonyl (C=O) groups is 1. The Balaban J connectivity index is 1.64. The highest BCUT2D eigenvalue weighted by atomic mass is 32.2. The summed E-state index contributed by atoms with van der Waals surface area (Å²) in [6, 6.07) is 10.8. The SMILES string of the molecule is CC1CN(C(=O)c2ccccc2NS(=O)(=O)c2ccc3[nH]c(=O)[nH]c3c2)CC(C)O1. The topological polar surface area (TPSA) is 124 Å². The van der Waals surface area contributed by atoms with E-state index in [0.29, 0.717) is 24.1 Å². The molecular formula is C20H22N4O5S. The number of ether oxygens (including phenoxy) is 1. The summed E-state index contributed by atoms with van der Waals surface area (Å²) in [6.45, 7) is 4.65. The van der Waals surface area contributed by atoms with Crippen LogP contribution < -0.4 is 10.4 Å². The fourth-order valence-corrected chi connectivity index (χ4v) is 4.76.